The zero-order valence-corrected chi connectivity index (χ0v) is 21.6. The lowest BCUT2D eigenvalue weighted by Gasteiger charge is -2.20. The van der Waals surface area contributed by atoms with Crippen LogP contribution in [-0.4, -0.2) is 45.1 Å². The molecule has 9 nitrogen and oxygen atoms in total. The molecular weight excluding hydrogens is 524 g/mol. The Morgan fingerprint density at radius 1 is 0.861 bits per heavy atom. The lowest BCUT2D eigenvalue weighted by atomic mass is 10.2. The molecule has 1 amide bonds. The molecule has 2 aromatic carbocycles. The highest BCUT2D eigenvalue weighted by Crippen LogP contribution is 2.26. The number of hydrogen-bond acceptors (Lipinski definition) is 6. The molecule has 0 radical (unpaired) electrons. The molecule has 1 aliphatic heterocycles. The van der Waals surface area contributed by atoms with E-state index in [-0.39, 0.29) is 20.4 Å². The van der Waals surface area contributed by atoms with E-state index in [1.165, 1.54) is 59.2 Å². The zero-order chi connectivity index (χ0) is 25.8. The van der Waals surface area contributed by atoms with Crippen molar-refractivity contribution in [1.29, 1.82) is 0 Å². The number of benzene rings is 2. The molecule has 2 heterocycles. The molecule has 4 rings (SSSR count). The van der Waals surface area contributed by atoms with Crippen molar-refractivity contribution >= 4 is 48.9 Å². The highest BCUT2D eigenvalue weighted by Gasteiger charge is 2.27. The summed E-state index contributed by atoms with van der Waals surface area (Å²) in [5, 5.41) is 2.74. The molecule has 3 aromatic rings. The van der Waals surface area contributed by atoms with Gasteiger partial charge in [-0.25, -0.2) is 16.8 Å². The van der Waals surface area contributed by atoms with Crippen molar-refractivity contribution in [1.82, 2.24) is 9.29 Å². The second-order valence-corrected chi connectivity index (χ2v) is 12.3. The van der Waals surface area contributed by atoms with E-state index in [0.717, 1.165) is 25.7 Å². The van der Waals surface area contributed by atoms with Crippen LogP contribution in [0, 0.1) is 0 Å². The molecule has 0 bridgehead atoms. The first-order chi connectivity index (χ1) is 17.2. The predicted molar refractivity (Wildman–Crippen MR) is 138 cm³/mol. The zero-order valence-electron chi connectivity index (χ0n) is 19.2. The van der Waals surface area contributed by atoms with Crippen molar-refractivity contribution in [2.75, 3.05) is 23.1 Å². The maximum Gasteiger partial charge on any atom is 0.261 e. The van der Waals surface area contributed by atoms with Crippen LogP contribution in [0.1, 0.15) is 36.0 Å². The Hall–Kier alpha value is -2.99. The Labute approximate surface area is 215 Å². The van der Waals surface area contributed by atoms with Crippen molar-refractivity contribution in [3.8, 4) is 0 Å². The summed E-state index contributed by atoms with van der Waals surface area (Å²) in [4.78, 5) is 16.8. The van der Waals surface area contributed by atoms with E-state index >= 15 is 0 Å². The van der Waals surface area contributed by atoms with Crippen molar-refractivity contribution < 1.29 is 21.6 Å². The van der Waals surface area contributed by atoms with Gasteiger partial charge in [0.2, 0.25) is 10.0 Å². The predicted octanol–water partition coefficient (Wildman–Crippen LogP) is 4.35. The molecule has 1 aliphatic rings. The van der Waals surface area contributed by atoms with Crippen LogP contribution in [0.4, 0.5) is 11.4 Å². The number of halogens is 1. The Kier molecular flexibility index (Phi) is 7.94. The molecule has 0 aliphatic carbocycles. The summed E-state index contributed by atoms with van der Waals surface area (Å²) in [6, 6.07) is 12.8. The van der Waals surface area contributed by atoms with Gasteiger partial charge in [0.1, 0.15) is 0 Å². The fourth-order valence-electron chi connectivity index (χ4n) is 3.82. The third kappa shape index (κ3) is 6.04. The molecule has 1 saturated heterocycles. The van der Waals surface area contributed by atoms with Gasteiger partial charge < -0.3 is 5.32 Å². The van der Waals surface area contributed by atoms with Crippen LogP contribution in [0.25, 0.3) is 0 Å². The van der Waals surface area contributed by atoms with E-state index in [9.17, 15) is 21.6 Å². The van der Waals surface area contributed by atoms with Crippen molar-refractivity contribution in [2.24, 2.45) is 0 Å². The maximum atomic E-state index is 13.1. The van der Waals surface area contributed by atoms with E-state index < -0.39 is 26.0 Å². The van der Waals surface area contributed by atoms with Crippen LogP contribution in [0.15, 0.2) is 76.8 Å². The SMILES string of the molecule is O=C(Nc1ccc(S(=O)(=O)Nc2cccnc2)cc1)c1cc(S(=O)(=O)N2CCCCCC2)ccc1Cl. The van der Waals surface area contributed by atoms with Gasteiger partial charge in [-0.2, -0.15) is 4.31 Å². The molecule has 190 valence electrons. The van der Waals surface area contributed by atoms with Crippen molar-refractivity contribution in [2.45, 2.75) is 35.5 Å². The minimum Gasteiger partial charge on any atom is -0.322 e. The van der Waals surface area contributed by atoms with E-state index in [1.807, 2.05) is 0 Å². The van der Waals surface area contributed by atoms with Crippen molar-refractivity contribution in [3.05, 3.63) is 77.6 Å². The first-order valence-electron chi connectivity index (χ1n) is 11.3. The van der Waals surface area contributed by atoms with Gasteiger partial charge >= 0.3 is 0 Å². The van der Waals surface area contributed by atoms with Crippen LogP contribution in [0.3, 0.4) is 0 Å². The number of hydrogen-bond donors (Lipinski definition) is 2. The third-order valence-corrected chi connectivity index (χ3v) is 9.34. The van der Waals surface area contributed by atoms with Crippen LogP contribution in [-0.2, 0) is 20.0 Å². The molecular formula is C24H25ClN4O5S2. The van der Waals surface area contributed by atoms with E-state index in [0.29, 0.717) is 24.5 Å². The first-order valence-corrected chi connectivity index (χ1v) is 14.6. The number of aromatic nitrogens is 1. The van der Waals surface area contributed by atoms with Gasteiger partial charge in [0, 0.05) is 25.0 Å². The van der Waals surface area contributed by atoms with Gasteiger partial charge in [-0.3, -0.25) is 14.5 Å². The van der Waals surface area contributed by atoms with E-state index in [2.05, 4.69) is 15.0 Å². The summed E-state index contributed by atoms with van der Waals surface area (Å²) in [6.07, 6.45) is 6.48. The van der Waals surface area contributed by atoms with Gasteiger partial charge in [0.15, 0.2) is 0 Å². The number of nitrogens with zero attached hydrogens (tertiary/aromatic N) is 2. The van der Waals surface area contributed by atoms with Crippen LogP contribution >= 0.6 is 11.6 Å². The highest BCUT2D eigenvalue weighted by molar-refractivity contribution is 7.92. The summed E-state index contributed by atoms with van der Waals surface area (Å²) in [5.41, 5.74) is 0.638. The number of amides is 1. The average molecular weight is 549 g/mol. The summed E-state index contributed by atoms with van der Waals surface area (Å²) in [5.74, 6) is -0.614. The molecule has 1 aromatic heterocycles. The smallest absolute Gasteiger partial charge is 0.261 e. The van der Waals surface area contributed by atoms with Gasteiger partial charge in [-0.1, -0.05) is 24.4 Å². The number of carbonyl (C=O) groups excluding carboxylic acids is 1. The largest absolute Gasteiger partial charge is 0.322 e. The molecule has 36 heavy (non-hydrogen) atoms. The summed E-state index contributed by atoms with van der Waals surface area (Å²) in [6.45, 7) is 0.884. The number of rotatable bonds is 7. The van der Waals surface area contributed by atoms with Gasteiger partial charge in [0.25, 0.3) is 15.9 Å². The first kappa shape index (κ1) is 26.1. The summed E-state index contributed by atoms with van der Waals surface area (Å²) < 4.78 is 55.3. The van der Waals surface area contributed by atoms with Crippen LogP contribution in [0.2, 0.25) is 5.02 Å². The van der Waals surface area contributed by atoms with Gasteiger partial charge in [-0.05, 0) is 67.4 Å². The van der Waals surface area contributed by atoms with Crippen LogP contribution in [0.5, 0.6) is 0 Å². The fourth-order valence-corrected chi connectivity index (χ4v) is 6.61. The average Bonchev–Trinajstić information content (AvgIpc) is 3.15. The van der Waals surface area contributed by atoms with Gasteiger partial charge in [-0.15, -0.1) is 0 Å². The molecule has 1 fully saturated rings. The van der Waals surface area contributed by atoms with Crippen molar-refractivity contribution in [3.63, 3.8) is 0 Å². The number of anilines is 2. The molecule has 0 unspecified atom stereocenters. The number of nitrogens with one attached hydrogen (secondary N) is 2. The minimum atomic E-state index is -3.85. The molecule has 2 N–H and O–H groups in total. The van der Waals surface area contributed by atoms with E-state index in [4.69, 9.17) is 11.6 Å². The second-order valence-electron chi connectivity index (χ2n) is 8.29. The maximum absolute atomic E-state index is 13.1. The quantitative estimate of drug-likeness (QED) is 0.452. The van der Waals surface area contributed by atoms with Gasteiger partial charge in [0.05, 0.1) is 32.3 Å². The Bertz CT molecular complexity index is 1440. The lowest BCUT2D eigenvalue weighted by molar-refractivity contribution is 0.102. The fraction of sp³-hybridized carbons (Fsp3) is 0.250. The third-order valence-electron chi connectivity index (χ3n) is 5.72. The minimum absolute atomic E-state index is 0.00173. The Morgan fingerprint density at radius 2 is 1.53 bits per heavy atom. The monoisotopic (exact) mass is 548 g/mol. The summed E-state index contributed by atoms with van der Waals surface area (Å²) >= 11 is 6.22. The standard InChI is InChI=1S/C24H25ClN4O5S2/c25-23-12-11-21(36(33,34)29-14-3-1-2-4-15-29)16-22(23)24(30)27-18-7-9-20(10-8-18)35(31,32)28-19-6-5-13-26-17-19/h5-13,16-17,28H,1-4,14-15H2,(H,27,30). The normalized spacial score (nSPS) is 15.1. The number of pyridine rings is 1. The topological polar surface area (TPSA) is 126 Å². The second kappa shape index (κ2) is 11.0. The molecule has 0 saturated carbocycles. The lowest BCUT2D eigenvalue weighted by Crippen LogP contribution is -2.32. The molecule has 12 heteroatoms. The highest BCUT2D eigenvalue weighted by atomic mass is 35.5. The number of sulfonamides is 2. The van der Waals surface area contributed by atoms with Crippen LogP contribution < -0.4 is 10.0 Å². The summed E-state index contributed by atoms with van der Waals surface area (Å²) in [7, 11) is -7.61. The molecule has 0 spiro atoms. The Balaban J connectivity index is 1.50. The Morgan fingerprint density at radius 3 is 2.17 bits per heavy atom. The molecule has 0 atom stereocenters. The number of carbonyl (C=O) groups is 1. The van der Waals surface area contributed by atoms with E-state index in [1.54, 1.807) is 12.1 Å².